The van der Waals surface area contributed by atoms with Gasteiger partial charge in [0.2, 0.25) is 0 Å². The van der Waals surface area contributed by atoms with Crippen molar-refractivity contribution in [2.24, 2.45) is 0 Å². The first-order valence-corrected chi connectivity index (χ1v) is 9.87. The van der Waals surface area contributed by atoms with Crippen LogP contribution in [-0.4, -0.2) is 28.6 Å². The minimum atomic E-state index is -2.30. The van der Waals surface area contributed by atoms with Gasteiger partial charge >= 0.3 is 8.80 Å². The van der Waals surface area contributed by atoms with Crippen LogP contribution in [0.3, 0.4) is 0 Å². The lowest BCUT2D eigenvalue weighted by Gasteiger charge is -2.27. The minimum absolute atomic E-state index is 0.673. The molecule has 0 unspecified atom stereocenters. The Labute approximate surface area is 113 Å². The van der Waals surface area contributed by atoms with Crippen LogP contribution >= 0.6 is 31.6 Å². The monoisotopic (exact) mass is 308 g/mol. The third-order valence-corrected chi connectivity index (χ3v) is 4.95. The molecule has 7 heteroatoms. The van der Waals surface area contributed by atoms with Crippen LogP contribution in [0.2, 0.25) is 6.04 Å². The molecule has 0 spiro atoms. The lowest BCUT2D eigenvalue weighted by molar-refractivity contribution is 0.0712. The fraction of sp³-hybridized carbons (Fsp3) is 1.00. The van der Waals surface area contributed by atoms with Crippen molar-refractivity contribution >= 4 is 40.4 Å². The molecule has 0 fully saturated rings. The van der Waals surface area contributed by atoms with Crippen molar-refractivity contribution in [1.82, 2.24) is 0 Å². The van der Waals surface area contributed by atoms with Gasteiger partial charge < -0.3 is 13.3 Å². The molecule has 0 aromatic heterocycles. The van der Waals surface area contributed by atoms with Gasteiger partial charge in [-0.15, -0.1) is 0 Å². The second kappa shape index (κ2) is 14.1. The smallest absolute Gasteiger partial charge is 0.374 e. The first-order valence-electron chi connectivity index (χ1n) is 5.47. The highest BCUT2D eigenvalue weighted by molar-refractivity contribution is 8.38. The van der Waals surface area contributed by atoms with Crippen LogP contribution < -0.4 is 0 Å². The third kappa shape index (κ3) is 10.2. The maximum absolute atomic E-state index is 5.65. The molecule has 0 heterocycles. The molecule has 0 saturated carbocycles. The van der Waals surface area contributed by atoms with Gasteiger partial charge in [0.25, 0.3) is 0 Å². The Balaban J connectivity index is 0. The molecule has 3 nitrogen and oxygen atoms in total. The molecule has 0 atom stereocenters. The molecule has 16 heavy (non-hydrogen) atoms. The summed E-state index contributed by atoms with van der Waals surface area (Å²) in [4.78, 5) is 0. The largest absolute Gasteiger partial charge is 0.500 e. The van der Waals surface area contributed by atoms with Gasteiger partial charge in [0.1, 0.15) is 0 Å². The van der Waals surface area contributed by atoms with Crippen molar-refractivity contribution in [1.29, 1.82) is 0 Å². The van der Waals surface area contributed by atoms with Crippen molar-refractivity contribution in [2.75, 3.05) is 19.8 Å². The lowest BCUT2D eigenvalue weighted by atomic mass is 10.6. The molecule has 0 radical (unpaired) electrons. The van der Waals surface area contributed by atoms with E-state index in [1.165, 1.54) is 0 Å². The van der Waals surface area contributed by atoms with Crippen molar-refractivity contribution in [3.05, 3.63) is 0 Å². The predicted octanol–water partition coefficient (Wildman–Crippen LogP) is 4.47. The number of hydrogen-bond donors (Lipinski definition) is 0. The van der Waals surface area contributed by atoms with Gasteiger partial charge in [0.15, 0.2) is 0 Å². The molecule has 0 aliphatic carbocycles. The van der Waals surface area contributed by atoms with Gasteiger partial charge in [-0.25, -0.2) is 0 Å². The SMILES string of the molecule is CCC[Si](OCC)(OCC)OCC.ClSCl. The predicted molar refractivity (Wildman–Crippen MR) is 75.0 cm³/mol. The summed E-state index contributed by atoms with van der Waals surface area (Å²) in [6, 6.07) is 0.919. The maximum atomic E-state index is 5.65. The summed E-state index contributed by atoms with van der Waals surface area (Å²) < 4.78 is 16.9. The average molecular weight is 309 g/mol. The quantitative estimate of drug-likeness (QED) is 0.618. The molecule has 100 valence electrons. The first kappa shape index (κ1) is 19.4. The fourth-order valence-corrected chi connectivity index (χ4v) is 3.92. The Morgan fingerprint density at radius 1 is 0.875 bits per heavy atom. The van der Waals surface area contributed by atoms with E-state index in [0.29, 0.717) is 30.0 Å². The zero-order valence-electron chi connectivity index (χ0n) is 10.4. The van der Waals surface area contributed by atoms with E-state index < -0.39 is 8.80 Å². The summed E-state index contributed by atoms with van der Waals surface area (Å²) in [6.07, 6.45) is 1.05. The molecule has 0 rings (SSSR count). The number of hydrogen-bond acceptors (Lipinski definition) is 4. The van der Waals surface area contributed by atoms with Crippen molar-refractivity contribution < 1.29 is 13.3 Å². The molecule has 0 aliphatic heterocycles. The molecule has 0 aromatic carbocycles. The van der Waals surface area contributed by atoms with Crippen molar-refractivity contribution in [3.8, 4) is 0 Å². The summed E-state index contributed by atoms with van der Waals surface area (Å²) in [5, 5.41) is 0. The third-order valence-electron chi connectivity index (χ3n) is 1.65. The summed E-state index contributed by atoms with van der Waals surface area (Å²) in [6.45, 7) is 10.1. The first-order chi connectivity index (χ1) is 7.66. The van der Waals surface area contributed by atoms with E-state index in [2.05, 4.69) is 28.3 Å². The molecule has 0 amide bonds. The van der Waals surface area contributed by atoms with Crippen LogP contribution in [0.1, 0.15) is 34.1 Å². The standard InChI is InChI=1S/C9H22O3Si.Cl2S/c1-5-9-13(10-6-2,11-7-3)12-8-4;1-3-2/h5-9H2,1-4H3;. The maximum Gasteiger partial charge on any atom is 0.500 e. The van der Waals surface area contributed by atoms with Crippen molar-refractivity contribution in [2.45, 2.75) is 40.2 Å². The van der Waals surface area contributed by atoms with Gasteiger partial charge in [0, 0.05) is 25.9 Å². The van der Waals surface area contributed by atoms with Crippen LogP contribution in [0.5, 0.6) is 0 Å². The van der Waals surface area contributed by atoms with Crippen LogP contribution in [0.4, 0.5) is 0 Å². The molecule has 0 bridgehead atoms. The molecular weight excluding hydrogens is 287 g/mol. The van der Waals surface area contributed by atoms with Gasteiger partial charge in [0.05, 0.1) is 10.2 Å². The van der Waals surface area contributed by atoms with E-state index in [1.807, 2.05) is 20.8 Å². The van der Waals surface area contributed by atoms with E-state index in [9.17, 15) is 0 Å². The molecule has 0 N–H and O–H groups in total. The second-order valence-electron chi connectivity index (χ2n) is 2.79. The average Bonchev–Trinajstić information content (AvgIpc) is 2.20. The summed E-state index contributed by atoms with van der Waals surface area (Å²) in [5.41, 5.74) is 0. The van der Waals surface area contributed by atoms with Crippen LogP contribution in [0.15, 0.2) is 0 Å². The Kier molecular flexibility index (Phi) is 17.1. The molecule has 0 aliphatic rings. The van der Waals surface area contributed by atoms with Gasteiger partial charge in [-0.2, -0.15) is 0 Å². The van der Waals surface area contributed by atoms with E-state index >= 15 is 0 Å². The Hall–Kier alpha value is 1.03. The topological polar surface area (TPSA) is 27.7 Å². The van der Waals surface area contributed by atoms with E-state index in [1.54, 1.807) is 0 Å². The fourth-order valence-electron chi connectivity index (χ4n) is 1.31. The van der Waals surface area contributed by atoms with Gasteiger partial charge in [-0.1, -0.05) is 13.3 Å². The van der Waals surface area contributed by atoms with Crippen LogP contribution in [-0.2, 0) is 13.3 Å². The molecule has 0 aromatic rings. The van der Waals surface area contributed by atoms with Crippen molar-refractivity contribution in [3.63, 3.8) is 0 Å². The minimum Gasteiger partial charge on any atom is -0.374 e. The van der Waals surface area contributed by atoms with E-state index in [0.717, 1.165) is 12.5 Å². The lowest BCUT2D eigenvalue weighted by Crippen LogP contribution is -2.45. The van der Waals surface area contributed by atoms with Crippen LogP contribution in [0, 0.1) is 0 Å². The van der Waals surface area contributed by atoms with E-state index in [4.69, 9.17) is 13.3 Å². The second-order valence-corrected chi connectivity index (χ2v) is 7.04. The van der Waals surface area contributed by atoms with Gasteiger partial charge in [-0.05, 0) is 42.1 Å². The molecular formula is C9H22Cl2O3SSi. The summed E-state index contributed by atoms with van der Waals surface area (Å²) >= 11 is 0. The Bertz CT molecular complexity index is 114. The highest BCUT2D eigenvalue weighted by atomic mass is 36.0. The number of rotatable bonds is 8. The zero-order valence-corrected chi connectivity index (χ0v) is 13.8. The normalized spacial score (nSPS) is 10.9. The highest BCUT2D eigenvalue weighted by Gasteiger charge is 2.38. The Morgan fingerprint density at radius 2 is 1.19 bits per heavy atom. The van der Waals surface area contributed by atoms with Crippen LogP contribution in [0.25, 0.3) is 0 Å². The Morgan fingerprint density at radius 3 is 1.38 bits per heavy atom. The number of halogens is 2. The summed E-state index contributed by atoms with van der Waals surface area (Å²) in [7, 11) is 7.76. The van der Waals surface area contributed by atoms with E-state index in [-0.39, 0.29) is 0 Å². The highest BCUT2D eigenvalue weighted by Crippen LogP contribution is 2.17. The zero-order chi connectivity index (χ0) is 12.9. The summed E-state index contributed by atoms with van der Waals surface area (Å²) in [5.74, 6) is 0. The van der Waals surface area contributed by atoms with Gasteiger partial charge in [-0.3, -0.25) is 0 Å². The molecule has 0 saturated heterocycles.